The molecule has 0 saturated heterocycles. The van der Waals surface area contributed by atoms with E-state index in [1.54, 1.807) is 6.07 Å². The zero-order valence-corrected chi connectivity index (χ0v) is 19.8. The maximum atomic E-state index is 14.2. The molecule has 2 N–H and O–H groups in total. The fraction of sp³-hybridized carbons (Fsp3) is 0.250. The van der Waals surface area contributed by atoms with Crippen LogP contribution in [0.4, 0.5) is 13.2 Å². The second-order valence-corrected chi connectivity index (χ2v) is 8.58. The third-order valence-electron chi connectivity index (χ3n) is 5.76. The van der Waals surface area contributed by atoms with Crippen LogP contribution in [0.25, 0.3) is 11.1 Å². The summed E-state index contributed by atoms with van der Waals surface area (Å²) in [4.78, 5) is 25.5. The Morgan fingerprint density at radius 2 is 1.62 bits per heavy atom. The minimum Gasteiger partial charge on any atom is -0.465 e. The lowest BCUT2D eigenvalue weighted by atomic mass is 9.77. The first-order chi connectivity index (χ1) is 15.8. The van der Waals surface area contributed by atoms with Crippen LogP contribution in [0.5, 0.6) is 0 Å². The van der Waals surface area contributed by atoms with Gasteiger partial charge < -0.3 is 14.8 Å². The molecule has 5 nitrogen and oxygen atoms in total. The summed E-state index contributed by atoms with van der Waals surface area (Å²) in [5.74, 6) is -2.13. The summed E-state index contributed by atoms with van der Waals surface area (Å²) in [6.07, 6.45) is -5.07. The number of aromatic nitrogens is 1. The first-order valence-electron chi connectivity index (χ1n) is 9.98. The van der Waals surface area contributed by atoms with Gasteiger partial charge in [-0.1, -0.05) is 48.3 Å². The molecule has 34 heavy (non-hydrogen) atoms. The van der Waals surface area contributed by atoms with Crippen LogP contribution in [0.3, 0.4) is 0 Å². The van der Waals surface area contributed by atoms with Gasteiger partial charge in [-0.2, -0.15) is 13.2 Å². The minimum atomic E-state index is -5.07. The van der Waals surface area contributed by atoms with Gasteiger partial charge in [0.2, 0.25) is 5.56 Å². The van der Waals surface area contributed by atoms with Gasteiger partial charge in [0.15, 0.2) is 5.60 Å². The van der Waals surface area contributed by atoms with E-state index < -0.39 is 34.8 Å². The summed E-state index contributed by atoms with van der Waals surface area (Å²) in [7, 11) is 1.23. The van der Waals surface area contributed by atoms with E-state index in [0.29, 0.717) is 11.1 Å². The monoisotopic (exact) mass is 513 g/mol. The van der Waals surface area contributed by atoms with Crippen molar-refractivity contribution < 1.29 is 27.8 Å². The number of aryl methyl sites for hydroxylation is 1. The van der Waals surface area contributed by atoms with E-state index in [1.807, 2.05) is 0 Å². The molecule has 3 aromatic rings. The Balaban J connectivity index is 2.07. The van der Waals surface area contributed by atoms with Crippen molar-refractivity contribution in [2.24, 2.45) is 0 Å². The number of H-pyrrole nitrogens is 1. The van der Waals surface area contributed by atoms with Crippen LogP contribution in [0.2, 0.25) is 10.0 Å². The fourth-order valence-corrected chi connectivity index (χ4v) is 4.48. The molecular weight excluding hydrogens is 494 g/mol. The van der Waals surface area contributed by atoms with E-state index in [-0.39, 0.29) is 26.9 Å². The van der Waals surface area contributed by atoms with E-state index >= 15 is 0 Å². The van der Waals surface area contributed by atoms with Crippen molar-refractivity contribution in [2.75, 3.05) is 7.11 Å². The molecule has 0 bridgehead atoms. The average molecular weight is 514 g/mol. The second kappa shape index (κ2) is 9.44. The number of nitrogens with one attached hydrogen (secondary N) is 1. The molecule has 0 aliphatic carbocycles. The number of methoxy groups -OCH3 is 1. The molecule has 0 saturated carbocycles. The zero-order chi connectivity index (χ0) is 25.4. The first kappa shape index (κ1) is 25.8. The highest BCUT2D eigenvalue weighted by Gasteiger charge is 2.59. The Bertz CT molecular complexity index is 1310. The summed E-state index contributed by atoms with van der Waals surface area (Å²) in [6.45, 7) is 2.49. The number of halogens is 5. The topological polar surface area (TPSA) is 79.4 Å². The molecule has 3 rings (SSSR count). The normalized spacial score (nSPS) is 14.4. The summed E-state index contributed by atoms with van der Waals surface area (Å²) >= 11 is 12.5. The van der Waals surface area contributed by atoms with E-state index in [0.717, 1.165) is 12.1 Å². The summed E-state index contributed by atoms with van der Waals surface area (Å²) in [5.41, 5.74) is -3.17. The van der Waals surface area contributed by atoms with Gasteiger partial charge in [0.1, 0.15) is 0 Å². The van der Waals surface area contributed by atoms with Crippen molar-refractivity contribution >= 4 is 29.2 Å². The molecule has 2 atom stereocenters. The lowest BCUT2D eigenvalue weighted by Crippen LogP contribution is -2.47. The first-order valence-corrected chi connectivity index (χ1v) is 10.7. The highest BCUT2D eigenvalue weighted by atomic mass is 35.5. The van der Waals surface area contributed by atoms with Gasteiger partial charge in [0.05, 0.1) is 17.7 Å². The van der Waals surface area contributed by atoms with Crippen molar-refractivity contribution in [2.45, 2.75) is 31.5 Å². The maximum absolute atomic E-state index is 14.2. The maximum Gasteiger partial charge on any atom is 0.422 e. The van der Waals surface area contributed by atoms with E-state index in [1.165, 1.54) is 51.3 Å². The Morgan fingerprint density at radius 1 is 1.03 bits per heavy atom. The second-order valence-electron chi connectivity index (χ2n) is 7.77. The van der Waals surface area contributed by atoms with E-state index in [9.17, 15) is 27.9 Å². The van der Waals surface area contributed by atoms with Gasteiger partial charge in [-0.25, -0.2) is 4.79 Å². The van der Waals surface area contributed by atoms with Gasteiger partial charge >= 0.3 is 12.1 Å². The smallest absolute Gasteiger partial charge is 0.422 e. The largest absolute Gasteiger partial charge is 0.465 e. The molecule has 0 spiro atoms. The van der Waals surface area contributed by atoms with Crippen LogP contribution in [0.15, 0.2) is 53.3 Å². The number of alkyl halides is 3. The SMILES string of the molecule is COC(=O)c1ccc(-c2ccc(C(C)C(O)(c3ccc(=O)[nH]c3C)C(F)(F)F)c(Cl)c2)cc1Cl. The minimum absolute atomic E-state index is 0.0112. The molecule has 0 fully saturated rings. The van der Waals surface area contributed by atoms with Crippen molar-refractivity contribution in [1.82, 2.24) is 4.98 Å². The standard InChI is InChI=1S/C24H20Cl2F3NO4/c1-12(23(33,24(27,28)29)18-8-9-21(31)30-13(18)2)16-6-4-14(10-19(16)25)15-5-7-17(20(26)11-15)22(32)34-3/h4-12,33H,1-3H3,(H,30,31). The van der Waals surface area contributed by atoms with Gasteiger partial charge in [0.25, 0.3) is 0 Å². The number of benzene rings is 2. The molecule has 1 heterocycles. The van der Waals surface area contributed by atoms with E-state index in [2.05, 4.69) is 9.72 Å². The lowest BCUT2D eigenvalue weighted by Gasteiger charge is -2.37. The van der Waals surface area contributed by atoms with Gasteiger partial charge in [-0.3, -0.25) is 4.79 Å². The van der Waals surface area contributed by atoms with Crippen LogP contribution in [-0.4, -0.2) is 29.3 Å². The number of carbonyl (C=O) groups is 1. The van der Waals surface area contributed by atoms with Crippen molar-refractivity contribution in [3.8, 4) is 11.1 Å². The highest BCUT2D eigenvalue weighted by molar-refractivity contribution is 6.34. The number of aliphatic hydroxyl groups is 1. The Kier molecular flexibility index (Phi) is 7.17. The van der Waals surface area contributed by atoms with Crippen LogP contribution in [0.1, 0.15) is 40.0 Å². The fourth-order valence-electron chi connectivity index (χ4n) is 3.88. The average Bonchev–Trinajstić information content (AvgIpc) is 2.76. The predicted octanol–water partition coefficient (Wildman–Crippen LogP) is 6.00. The number of aromatic amines is 1. The Morgan fingerprint density at radius 3 is 2.12 bits per heavy atom. The van der Waals surface area contributed by atoms with Crippen LogP contribution in [0, 0.1) is 6.92 Å². The number of esters is 1. The molecular formula is C24H20Cl2F3NO4. The van der Waals surface area contributed by atoms with Crippen molar-refractivity contribution in [3.05, 3.63) is 91.3 Å². The van der Waals surface area contributed by atoms with Gasteiger partial charge in [0, 0.05) is 28.3 Å². The number of rotatable bonds is 5. The van der Waals surface area contributed by atoms with Crippen LogP contribution < -0.4 is 5.56 Å². The van der Waals surface area contributed by atoms with Gasteiger partial charge in [-0.15, -0.1) is 0 Å². The van der Waals surface area contributed by atoms with E-state index in [4.69, 9.17) is 23.2 Å². The number of ether oxygens (including phenoxy) is 1. The third-order valence-corrected chi connectivity index (χ3v) is 6.40. The van der Waals surface area contributed by atoms with Crippen molar-refractivity contribution in [1.29, 1.82) is 0 Å². The number of hydrogen-bond donors (Lipinski definition) is 2. The molecule has 0 amide bonds. The Labute approximate surface area is 203 Å². The summed E-state index contributed by atoms with van der Waals surface area (Å²) < 4.78 is 47.3. The molecule has 10 heteroatoms. The molecule has 180 valence electrons. The number of carbonyl (C=O) groups excluding carboxylic acids is 1. The number of pyridine rings is 1. The predicted molar refractivity (Wildman–Crippen MR) is 123 cm³/mol. The number of hydrogen-bond acceptors (Lipinski definition) is 4. The molecule has 0 radical (unpaired) electrons. The van der Waals surface area contributed by atoms with Crippen LogP contribution in [-0.2, 0) is 10.3 Å². The molecule has 0 aliphatic heterocycles. The quantitative estimate of drug-likeness (QED) is 0.410. The Hall–Kier alpha value is -2.81. The zero-order valence-electron chi connectivity index (χ0n) is 18.3. The molecule has 0 aliphatic rings. The van der Waals surface area contributed by atoms with Crippen molar-refractivity contribution in [3.63, 3.8) is 0 Å². The molecule has 2 aromatic carbocycles. The molecule has 2 unspecified atom stereocenters. The summed E-state index contributed by atoms with van der Waals surface area (Å²) in [5, 5.41) is 11.1. The highest BCUT2D eigenvalue weighted by Crippen LogP contribution is 2.50. The summed E-state index contributed by atoms with van der Waals surface area (Å²) in [6, 6.07) is 10.9. The van der Waals surface area contributed by atoms with Gasteiger partial charge in [-0.05, 0) is 47.9 Å². The van der Waals surface area contributed by atoms with Crippen LogP contribution >= 0.6 is 23.2 Å². The third kappa shape index (κ3) is 4.58. The molecule has 1 aromatic heterocycles. The lowest BCUT2D eigenvalue weighted by molar-refractivity contribution is -0.274.